The molecule has 0 spiro atoms. The summed E-state index contributed by atoms with van der Waals surface area (Å²) in [7, 11) is -1.91. The van der Waals surface area contributed by atoms with Gasteiger partial charge in [-0.2, -0.15) is 9.29 Å². The number of imidazole rings is 1. The Morgan fingerprint density at radius 3 is 2.54 bits per heavy atom. The minimum Gasteiger partial charge on any atom is -0.455 e. The summed E-state index contributed by atoms with van der Waals surface area (Å²) in [5.41, 5.74) is 0. The Labute approximate surface area is 163 Å². The van der Waals surface area contributed by atoms with Crippen molar-refractivity contribution in [1.29, 1.82) is 0 Å². The minimum atomic E-state index is -3.66. The number of ether oxygens (including phenoxy) is 1. The third-order valence-corrected chi connectivity index (χ3v) is 6.59. The van der Waals surface area contributed by atoms with Crippen LogP contribution in [0.3, 0.4) is 0 Å². The highest BCUT2D eigenvalue weighted by atomic mass is 32.2. The summed E-state index contributed by atoms with van der Waals surface area (Å²) >= 11 is 0. The van der Waals surface area contributed by atoms with Crippen molar-refractivity contribution < 1.29 is 22.5 Å². The van der Waals surface area contributed by atoms with Crippen LogP contribution in [0, 0.1) is 12.8 Å². The molecule has 0 aliphatic carbocycles. The molecule has 10 nitrogen and oxygen atoms in total. The Kier molecular flexibility index (Phi) is 5.84. The molecule has 0 amide bonds. The SMILES string of the molecule is Cc1nc(S(=O)(=O)N2CCC(C(=O)OCc3nc(C(C)C)no3)CC2)cn1C. The molecule has 3 rings (SSSR count). The minimum absolute atomic E-state index is 0.0332. The van der Waals surface area contributed by atoms with Crippen LogP contribution in [0.25, 0.3) is 0 Å². The lowest BCUT2D eigenvalue weighted by atomic mass is 9.98. The standard InChI is InChI=1S/C17H25N5O5S/c1-11(2)16-19-14(27-20-16)10-26-17(23)13-5-7-22(8-6-13)28(24,25)15-9-21(4)12(3)18-15/h9,11,13H,5-8,10H2,1-4H3. The number of carbonyl (C=O) groups is 1. The number of piperidine rings is 1. The topological polar surface area (TPSA) is 120 Å². The van der Waals surface area contributed by atoms with Gasteiger partial charge in [0.1, 0.15) is 5.82 Å². The first-order chi connectivity index (χ1) is 13.2. The molecule has 11 heteroatoms. The van der Waals surface area contributed by atoms with Gasteiger partial charge in [0.25, 0.3) is 15.9 Å². The van der Waals surface area contributed by atoms with Gasteiger partial charge >= 0.3 is 5.97 Å². The van der Waals surface area contributed by atoms with Gasteiger partial charge in [-0.3, -0.25) is 4.79 Å². The smallest absolute Gasteiger partial charge is 0.309 e. The lowest BCUT2D eigenvalue weighted by Crippen LogP contribution is -2.40. The maximum absolute atomic E-state index is 12.7. The molecule has 2 aromatic heterocycles. The van der Waals surface area contributed by atoms with Gasteiger partial charge in [-0.1, -0.05) is 19.0 Å². The van der Waals surface area contributed by atoms with Crippen molar-refractivity contribution in [3.8, 4) is 0 Å². The molecule has 0 bridgehead atoms. The van der Waals surface area contributed by atoms with Gasteiger partial charge in [-0.15, -0.1) is 0 Å². The molecule has 154 valence electrons. The number of carbonyl (C=O) groups excluding carboxylic acids is 1. The zero-order valence-corrected chi connectivity index (χ0v) is 17.3. The molecule has 0 unspecified atom stereocenters. The number of hydrogen-bond donors (Lipinski definition) is 0. The maximum atomic E-state index is 12.7. The number of hydrogen-bond acceptors (Lipinski definition) is 8. The molecule has 1 saturated heterocycles. The normalized spacial score (nSPS) is 16.6. The lowest BCUT2D eigenvalue weighted by Gasteiger charge is -2.29. The van der Waals surface area contributed by atoms with E-state index in [1.165, 1.54) is 10.5 Å². The van der Waals surface area contributed by atoms with Gasteiger partial charge in [0.2, 0.25) is 0 Å². The van der Waals surface area contributed by atoms with E-state index in [1.54, 1.807) is 18.5 Å². The molecule has 3 heterocycles. The predicted molar refractivity (Wildman–Crippen MR) is 97.6 cm³/mol. The van der Waals surface area contributed by atoms with Gasteiger partial charge < -0.3 is 13.8 Å². The van der Waals surface area contributed by atoms with Gasteiger partial charge in [0.05, 0.1) is 5.92 Å². The van der Waals surface area contributed by atoms with Crippen molar-refractivity contribution in [2.24, 2.45) is 13.0 Å². The highest BCUT2D eigenvalue weighted by Crippen LogP contribution is 2.24. The average Bonchev–Trinajstić information content (AvgIpc) is 3.27. The third kappa shape index (κ3) is 4.25. The molecule has 2 aromatic rings. The molecule has 1 aliphatic rings. The average molecular weight is 411 g/mol. The highest BCUT2D eigenvalue weighted by molar-refractivity contribution is 7.89. The molecule has 0 aromatic carbocycles. The number of esters is 1. The second kappa shape index (κ2) is 8.00. The Morgan fingerprint density at radius 2 is 2.00 bits per heavy atom. The van der Waals surface area contributed by atoms with Gasteiger partial charge in [-0.05, 0) is 19.8 Å². The summed E-state index contributed by atoms with van der Waals surface area (Å²) in [5, 5.41) is 3.85. The molecule has 1 aliphatic heterocycles. The summed E-state index contributed by atoms with van der Waals surface area (Å²) in [4.78, 5) is 20.6. The second-order valence-corrected chi connectivity index (χ2v) is 9.11. The maximum Gasteiger partial charge on any atom is 0.309 e. The van der Waals surface area contributed by atoms with Crippen LogP contribution in [0.15, 0.2) is 15.7 Å². The lowest BCUT2D eigenvalue weighted by molar-refractivity contribution is -0.152. The second-order valence-electron chi connectivity index (χ2n) is 7.22. The number of aromatic nitrogens is 4. The summed E-state index contributed by atoms with van der Waals surface area (Å²) in [5.74, 6) is 0.831. The van der Waals surface area contributed by atoms with E-state index in [1.807, 2.05) is 13.8 Å². The largest absolute Gasteiger partial charge is 0.455 e. The van der Waals surface area contributed by atoms with Crippen LogP contribution in [0.4, 0.5) is 0 Å². The molecule has 0 N–H and O–H groups in total. The van der Waals surface area contributed by atoms with Crippen LogP contribution >= 0.6 is 0 Å². The van der Waals surface area contributed by atoms with Gasteiger partial charge in [-0.25, -0.2) is 13.4 Å². The molecular formula is C17H25N5O5S. The Balaban J connectivity index is 1.53. The van der Waals surface area contributed by atoms with E-state index in [0.29, 0.717) is 24.5 Å². The van der Waals surface area contributed by atoms with Crippen molar-refractivity contribution in [3.05, 3.63) is 23.7 Å². The summed E-state index contributed by atoms with van der Waals surface area (Å²) in [6, 6.07) is 0. The van der Waals surface area contributed by atoms with E-state index >= 15 is 0 Å². The number of aryl methyl sites for hydroxylation is 2. The van der Waals surface area contributed by atoms with Crippen molar-refractivity contribution in [2.45, 2.75) is 51.2 Å². The van der Waals surface area contributed by atoms with Crippen molar-refractivity contribution >= 4 is 16.0 Å². The molecule has 0 atom stereocenters. The molecular weight excluding hydrogens is 386 g/mol. The molecule has 28 heavy (non-hydrogen) atoms. The fourth-order valence-corrected chi connectivity index (χ4v) is 4.42. The Hall–Kier alpha value is -2.27. The predicted octanol–water partition coefficient (Wildman–Crippen LogP) is 1.38. The van der Waals surface area contributed by atoms with Gasteiger partial charge in [0, 0.05) is 32.3 Å². The first-order valence-electron chi connectivity index (χ1n) is 9.17. The highest BCUT2D eigenvalue weighted by Gasteiger charge is 2.34. The first-order valence-corrected chi connectivity index (χ1v) is 10.6. The van der Waals surface area contributed by atoms with E-state index in [4.69, 9.17) is 9.26 Å². The number of sulfonamides is 1. The van der Waals surface area contributed by atoms with Crippen LogP contribution in [0.1, 0.15) is 50.1 Å². The fraction of sp³-hybridized carbons (Fsp3) is 0.647. The fourth-order valence-electron chi connectivity index (χ4n) is 2.93. The summed E-state index contributed by atoms with van der Waals surface area (Å²) < 4.78 is 38.8. The van der Waals surface area contributed by atoms with Crippen LogP contribution in [0.2, 0.25) is 0 Å². The van der Waals surface area contributed by atoms with Crippen LogP contribution in [-0.4, -0.2) is 51.5 Å². The van der Waals surface area contributed by atoms with E-state index in [9.17, 15) is 13.2 Å². The Morgan fingerprint density at radius 1 is 1.32 bits per heavy atom. The first kappa shape index (κ1) is 20.5. The number of nitrogens with zero attached hydrogens (tertiary/aromatic N) is 5. The van der Waals surface area contributed by atoms with E-state index in [-0.39, 0.29) is 48.4 Å². The number of rotatable bonds is 6. The zero-order chi connectivity index (χ0) is 20.5. The molecule has 0 radical (unpaired) electrons. The molecule has 1 fully saturated rings. The third-order valence-electron chi connectivity index (χ3n) is 4.82. The monoisotopic (exact) mass is 411 g/mol. The van der Waals surface area contributed by atoms with E-state index in [0.717, 1.165) is 0 Å². The Bertz CT molecular complexity index is 922. The van der Waals surface area contributed by atoms with Crippen molar-refractivity contribution in [2.75, 3.05) is 13.1 Å². The van der Waals surface area contributed by atoms with E-state index in [2.05, 4.69) is 15.1 Å². The van der Waals surface area contributed by atoms with Crippen LogP contribution in [0.5, 0.6) is 0 Å². The molecule has 0 saturated carbocycles. The summed E-state index contributed by atoms with van der Waals surface area (Å²) in [6.07, 6.45) is 2.29. The van der Waals surface area contributed by atoms with Crippen LogP contribution in [-0.2, 0) is 33.2 Å². The van der Waals surface area contributed by atoms with E-state index < -0.39 is 10.0 Å². The van der Waals surface area contributed by atoms with Crippen molar-refractivity contribution in [3.63, 3.8) is 0 Å². The van der Waals surface area contributed by atoms with Crippen LogP contribution < -0.4 is 0 Å². The summed E-state index contributed by atoms with van der Waals surface area (Å²) in [6.45, 7) is 6.04. The quantitative estimate of drug-likeness (QED) is 0.654. The zero-order valence-electron chi connectivity index (χ0n) is 16.5. The van der Waals surface area contributed by atoms with Crippen molar-refractivity contribution in [1.82, 2.24) is 24.0 Å². The van der Waals surface area contributed by atoms with Gasteiger partial charge in [0.15, 0.2) is 17.5 Å².